The van der Waals surface area contributed by atoms with E-state index in [1.807, 2.05) is 4.90 Å². The highest BCUT2D eigenvalue weighted by molar-refractivity contribution is 7.89. The van der Waals surface area contributed by atoms with E-state index in [-0.39, 0.29) is 28.3 Å². The third kappa shape index (κ3) is 5.64. The largest absolute Gasteiger partial charge is 0.469 e. The van der Waals surface area contributed by atoms with E-state index in [0.717, 1.165) is 30.2 Å². The zero-order valence-electron chi connectivity index (χ0n) is 19.3. The van der Waals surface area contributed by atoms with Crippen LogP contribution in [0.5, 0.6) is 0 Å². The van der Waals surface area contributed by atoms with Crippen molar-refractivity contribution in [2.24, 2.45) is 5.92 Å². The molecular formula is C22H31N3O7S. The number of carbonyl (C=O) groups is 3. The summed E-state index contributed by atoms with van der Waals surface area (Å²) in [5, 5.41) is 0. The number of hydrogen-bond donors (Lipinski definition) is 0. The van der Waals surface area contributed by atoms with Crippen molar-refractivity contribution in [3.63, 3.8) is 0 Å². The number of anilines is 1. The third-order valence-corrected chi connectivity index (χ3v) is 7.93. The molecule has 2 saturated heterocycles. The summed E-state index contributed by atoms with van der Waals surface area (Å²) in [4.78, 5) is 40.7. The number of nitrogens with zero attached hydrogens (tertiary/aromatic N) is 3. The maximum absolute atomic E-state index is 12.9. The Morgan fingerprint density at radius 1 is 1.06 bits per heavy atom. The molecule has 2 aliphatic rings. The van der Waals surface area contributed by atoms with Crippen LogP contribution >= 0.6 is 0 Å². The molecule has 3 rings (SSSR count). The summed E-state index contributed by atoms with van der Waals surface area (Å²) in [5.74, 6) is -1.61. The normalized spacial score (nSPS) is 17.3. The van der Waals surface area contributed by atoms with Crippen LogP contribution in [0, 0.1) is 5.92 Å². The molecule has 0 saturated carbocycles. The predicted octanol–water partition coefficient (Wildman–Crippen LogP) is 1.11. The number of hydrogen-bond acceptors (Lipinski definition) is 8. The van der Waals surface area contributed by atoms with Crippen molar-refractivity contribution in [2.75, 3.05) is 58.9 Å². The Morgan fingerprint density at radius 3 is 2.27 bits per heavy atom. The zero-order valence-corrected chi connectivity index (χ0v) is 20.1. The lowest BCUT2D eigenvalue weighted by Crippen LogP contribution is -2.42. The molecule has 0 spiro atoms. The van der Waals surface area contributed by atoms with Gasteiger partial charge in [0.05, 0.1) is 29.2 Å². The van der Waals surface area contributed by atoms with E-state index >= 15 is 0 Å². The molecule has 1 aromatic carbocycles. The van der Waals surface area contributed by atoms with Crippen LogP contribution < -0.4 is 4.90 Å². The Morgan fingerprint density at radius 2 is 1.70 bits per heavy atom. The van der Waals surface area contributed by atoms with Crippen molar-refractivity contribution in [1.29, 1.82) is 0 Å². The number of sulfonamides is 1. The summed E-state index contributed by atoms with van der Waals surface area (Å²) in [7, 11) is 0.440. The van der Waals surface area contributed by atoms with Gasteiger partial charge in [-0.05, 0) is 43.9 Å². The summed E-state index contributed by atoms with van der Waals surface area (Å²) < 4.78 is 36.3. The molecule has 2 aliphatic heterocycles. The van der Waals surface area contributed by atoms with Crippen molar-refractivity contribution >= 4 is 33.6 Å². The fourth-order valence-electron chi connectivity index (χ4n) is 4.11. The van der Waals surface area contributed by atoms with Crippen LogP contribution in [0.1, 0.15) is 36.0 Å². The van der Waals surface area contributed by atoms with Gasteiger partial charge in [-0.25, -0.2) is 17.5 Å². The second-order valence-electron chi connectivity index (χ2n) is 8.41. The maximum atomic E-state index is 12.9. The number of amides is 1. The molecule has 0 aromatic heterocycles. The molecule has 33 heavy (non-hydrogen) atoms. The van der Waals surface area contributed by atoms with E-state index < -0.39 is 22.6 Å². The van der Waals surface area contributed by atoms with E-state index in [4.69, 9.17) is 9.47 Å². The fourth-order valence-corrected chi connectivity index (χ4v) is 5.04. The molecule has 0 aliphatic carbocycles. The van der Waals surface area contributed by atoms with Crippen molar-refractivity contribution in [2.45, 2.75) is 30.6 Å². The fraction of sp³-hybridized carbons (Fsp3) is 0.591. The first-order chi connectivity index (χ1) is 15.6. The molecular weight excluding hydrogens is 450 g/mol. The number of carbonyl (C=O) groups excluding carboxylic acids is 3. The lowest BCUT2D eigenvalue weighted by atomic mass is 9.97. The predicted molar refractivity (Wildman–Crippen MR) is 120 cm³/mol. The van der Waals surface area contributed by atoms with Gasteiger partial charge in [-0.3, -0.25) is 9.59 Å². The van der Waals surface area contributed by atoms with E-state index in [9.17, 15) is 22.8 Å². The van der Waals surface area contributed by atoms with Crippen LogP contribution in [0.4, 0.5) is 5.69 Å². The Bertz CT molecular complexity index is 995. The SMILES string of the molecule is COC(=O)C1CCN(C(=O)COC(=O)c2cc(S(=O)(=O)N(C)C)ccc2N2CCCC2)CC1. The van der Waals surface area contributed by atoms with Crippen molar-refractivity contribution in [1.82, 2.24) is 9.21 Å². The van der Waals surface area contributed by atoms with Crippen molar-refractivity contribution < 1.29 is 32.3 Å². The maximum Gasteiger partial charge on any atom is 0.340 e. The number of esters is 2. The van der Waals surface area contributed by atoms with E-state index in [0.29, 0.717) is 31.6 Å². The minimum Gasteiger partial charge on any atom is -0.469 e. The Balaban J connectivity index is 1.71. The van der Waals surface area contributed by atoms with Gasteiger partial charge in [0, 0.05) is 40.3 Å². The number of methoxy groups -OCH3 is 1. The molecule has 0 radical (unpaired) electrons. The number of likely N-dealkylation sites (tertiary alicyclic amines) is 1. The summed E-state index contributed by atoms with van der Waals surface area (Å²) in [6.07, 6.45) is 2.95. The summed E-state index contributed by atoms with van der Waals surface area (Å²) in [6.45, 7) is 1.82. The highest BCUT2D eigenvalue weighted by Crippen LogP contribution is 2.29. The van der Waals surface area contributed by atoms with Gasteiger partial charge in [0.1, 0.15) is 0 Å². The summed E-state index contributed by atoms with van der Waals surface area (Å²) in [6, 6.07) is 4.42. The average molecular weight is 482 g/mol. The van der Waals surface area contributed by atoms with E-state index in [1.165, 1.54) is 33.3 Å². The van der Waals surface area contributed by atoms with Gasteiger partial charge in [0.2, 0.25) is 10.0 Å². The first-order valence-electron chi connectivity index (χ1n) is 11.0. The van der Waals surface area contributed by atoms with Gasteiger partial charge >= 0.3 is 11.9 Å². The lowest BCUT2D eigenvalue weighted by molar-refractivity contribution is -0.149. The van der Waals surface area contributed by atoms with Crippen LogP contribution in [-0.4, -0.2) is 89.5 Å². The monoisotopic (exact) mass is 481 g/mol. The molecule has 2 heterocycles. The van der Waals surface area contributed by atoms with Gasteiger partial charge in [-0.2, -0.15) is 0 Å². The molecule has 11 heteroatoms. The second kappa shape index (κ2) is 10.5. The standard InChI is InChI=1S/C22H31N3O7S/c1-23(2)33(29,30)17-6-7-19(24-10-4-5-11-24)18(14-17)22(28)32-15-20(26)25-12-8-16(9-13-25)21(27)31-3/h6-7,14,16H,4-5,8-13,15H2,1-3H3. The van der Waals surface area contributed by atoms with Crippen LogP contribution in [0.2, 0.25) is 0 Å². The average Bonchev–Trinajstić information content (AvgIpc) is 3.36. The van der Waals surface area contributed by atoms with Gasteiger partial charge in [-0.15, -0.1) is 0 Å². The number of benzene rings is 1. The smallest absolute Gasteiger partial charge is 0.340 e. The minimum absolute atomic E-state index is 0.0152. The molecule has 1 amide bonds. The molecule has 10 nitrogen and oxygen atoms in total. The van der Waals surface area contributed by atoms with E-state index in [2.05, 4.69) is 0 Å². The molecule has 0 unspecified atom stereocenters. The highest BCUT2D eigenvalue weighted by atomic mass is 32.2. The Labute approximate surface area is 194 Å². The summed E-state index contributed by atoms with van der Waals surface area (Å²) >= 11 is 0. The molecule has 0 N–H and O–H groups in total. The zero-order chi connectivity index (χ0) is 24.2. The summed E-state index contributed by atoms with van der Waals surface area (Å²) in [5.41, 5.74) is 0.721. The first kappa shape index (κ1) is 25.0. The van der Waals surface area contributed by atoms with Crippen molar-refractivity contribution in [3.8, 4) is 0 Å². The molecule has 1 aromatic rings. The molecule has 2 fully saturated rings. The molecule has 0 bridgehead atoms. The van der Waals surface area contributed by atoms with Gasteiger partial charge in [0.15, 0.2) is 6.61 Å². The number of rotatable bonds is 7. The molecule has 182 valence electrons. The lowest BCUT2D eigenvalue weighted by Gasteiger charge is -2.30. The topological polar surface area (TPSA) is 114 Å². The second-order valence-corrected chi connectivity index (χ2v) is 10.6. The van der Waals surface area contributed by atoms with Crippen LogP contribution in [0.25, 0.3) is 0 Å². The van der Waals surface area contributed by atoms with Crippen molar-refractivity contribution in [3.05, 3.63) is 23.8 Å². The van der Waals surface area contributed by atoms with Crippen LogP contribution in [-0.2, 0) is 29.1 Å². The first-order valence-corrected chi connectivity index (χ1v) is 12.4. The minimum atomic E-state index is -3.74. The van der Waals surface area contributed by atoms with E-state index in [1.54, 1.807) is 11.0 Å². The number of piperidine rings is 1. The van der Waals surface area contributed by atoms with Crippen LogP contribution in [0.3, 0.4) is 0 Å². The molecule has 0 atom stereocenters. The Kier molecular flexibility index (Phi) is 7.96. The van der Waals surface area contributed by atoms with Gasteiger partial charge < -0.3 is 19.3 Å². The van der Waals surface area contributed by atoms with Crippen LogP contribution in [0.15, 0.2) is 23.1 Å². The number of ether oxygens (including phenoxy) is 2. The highest BCUT2D eigenvalue weighted by Gasteiger charge is 2.29. The van der Waals surface area contributed by atoms with Gasteiger partial charge in [0.25, 0.3) is 5.91 Å². The third-order valence-electron chi connectivity index (χ3n) is 6.12. The Hall–Kier alpha value is -2.66. The quantitative estimate of drug-likeness (QED) is 0.532. The van der Waals surface area contributed by atoms with Gasteiger partial charge in [-0.1, -0.05) is 0 Å².